The molecule has 72 valence electrons. The third-order valence-corrected chi connectivity index (χ3v) is 2.94. The predicted octanol–water partition coefficient (Wildman–Crippen LogP) is 2.07. The lowest BCUT2D eigenvalue weighted by molar-refractivity contribution is -0.136. The number of carbonyl (C=O) groups is 1. The predicted molar refractivity (Wildman–Crippen MR) is 52.2 cm³/mol. The second kappa shape index (κ2) is 3.46. The first-order valence-electron chi connectivity index (χ1n) is 4.06. The molecule has 0 unspecified atom stereocenters. The Labute approximate surface area is 81.4 Å². The van der Waals surface area contributed by atoms with Crippen molar-refractivity contribution in [3.63, 3.8) is 0 Å². The molecule has 0 saturated carbocycles. The molecule has 1 rings (SSSR count). The molecule has 1 heterocycles. The first kappa shape index (κ1) is 10.2. The van der Waals surface area contributed by atoms with E-state index in [0.717, 1.165) is 9.88 Å². The summed E-state index contributed by atoms with van der Waals surface area (Å²) < 4.78 is 0. The lowest BCUT2D eigenvalue weighted by Crippen LogP contribution is -2.09. The number of hydrogen-bond acceptors (Lipinski definition) is 3. The van der Waals surface area contributed by atoms with Gasteiger partial charge in [-0.05, 0) is 0 Å². The van der Waals surface area contributed by atoms with Crippen LogP contribution in [0.2, 0.25) is 0 Å². The van der Waals surface area contributed by atoms with Crippen molar-refractivity contribution in [1.29, 1.82) is 0 Å². The molecule has 0 radical (unpaired) electrons. The van der Waals surface area contributed by atoms with E-state index in [2.05, 4.69) is 25.8 Å². The minimum atomic E-state index is -0.802. The number of carboxylic acid groups (broad SMARTS) is 1. The molecule has 3 nitrogen and oxygen atoms in total. The van der Waals surface area contributed by atoms with E-state index in [9.17, 15) is 4.79 Å². The lowest BCUT2D eigenvalue weighted by atomic mass is 9.98. The summed E-state index contributed by atoms with van der Waals surface area (Å²) in [6.45, 7) is 6.20. The first-order chi connectivity index (χ1) is 5.89. The van der Waals surface area contributed by atoms with Crippen molar-refractivity contribution in [2.45, 2.75) is 32.6 Å². The van der Waals surface area contributed by atoms with E-state index in [4.69, 9.17) is 5.11 Å². The summed E-state index contributed by atoms with van der Waals surface area (Å²) in [6.07, 6.45) is 1.73. The Morgan fingerprint density at radius 1 is 1.62 bits per heavy atom. The van der Waals surface area contributed by atoms with Crippen molar-refractivity contribution < 1.29 is 9.90 Å². The van der Waals surface area contributed by atoms with Crippen LogP contribution in [-0.2, 0) is 16.6 Å². The Morgan fingerprint density at radius 2 is 2.23 bits per heavy atom. The quantitative estimate of drug-likeness (QED) is 0.793. The maximum Gasteiger partial charge on any atom is 0.308 e. The van der Waals surface area contributed by atoms with E-state index in [1.807, 2.05) is 0 Å². The minimum absolute atomic E-state index is 0.0153. The highest BCUT2D eigenvalue weighted by Crippen LogP contribution is 2.26. The van der Waals surface area contributed by atoms with Crippen LogP contribution in [0.5, 0.6) is 0 Å². The maximum atomic E-state index is 10.4. The molecule has 0 aliphatic carbocycles. The smallest absolute Gasteiger partial charge is 0.308 e. The zero-order chi connectivity index (χ0) is 10.1. The number of aromatic nitrogens is 1. The summed E-state index contributed by atoms with van der Waals surface area (Å²) in [7, 11) is 0. The summed E-state index contributed by atoms with van der Waals surface area (Å²) in [5.74, 6) is -0.802. The van der Waals surface area contributed by atoms with E-state index in [1.165, 1.54) is 11.3 Å². The topological polar surface area (TPSA) is 50.2 Å². The summed E-state index contributed by atoms with van der Waals surface area (Å²) >= 11 is 1.48. The van der Waals surface area contributed by atoms with Crippen LogP contribution in [0.4, 0.5) is 0 Å². The molecule has 0 amide bonds. The van der Waals surface area contributed by atoms with Gasteiger partial charge < -0.3 is 5.11 Å². The highest BCUT2D eigenvalue weighted by atomic mass is 32.1. The van der Waals surface area contributed by atoms with Gasteiger partial charge in [0, 0.05) is 16.5 Å². The van der Waals surface area contributed by atoms with E-state index in [0.29, 0.717) is 0 Å². The molecule has 0 aromatic carbocycles. The summed E-state index contributed by atoms with van der Waals surface area (Å²) in [4.78, 5) is 15.4. The van der Waals surface area contributed by atoms with Crippen molar-refractivity contribution in [1.82, 2.24) is 4.98 Å². The second-order valence-electron chi connectivity index (χ2n) is 3.95. The molecule has 0 saturated heterocycles. The molecule has 1 aromatic rings. The van der Waals surface area contributed by atoms with Crippen LogP contribution in [0.1, 0.15) is 30.7 Å². The van der Waals surface area contributed by atoms with Crippen molar-refractivity contribution in [2.75, 3.05) is 0 Å². The van der Waals surface area contributed by atoms with Gasteiger partial charge >= 0.3 is 5.97 Å². The van der Waals surface area contributed by atoms with Crippen LogP contribution in [0.3, 0.4) is 0 Å². The monoisotopic (exact) mass is 199 g/mol. The van der Waals surface area contributed by atoms with Crippen LogP contribution >= 0.6 is 11.3 Å². The molecule has 0 aliphatic rings. The summed E-state index contributed by atoms with van der Waals surface area (Å²) in [6, 6.07) is 0. The standard InChI is InChI=1S/C9H13NO2S/c1-9(2,3)8-10-5-6(13-8)4-7(11)12/h5H,4H2,1-3H3,(H,11,12). The molecule has 0 bridgehead atoms. The molecular weight excluding hydrogens is 186 g/mol. The number of hydrogen-bond donors (Lipinski definition) is 1. The van der Waals surface area contributed by atoms with E-state index in [-0.39, 0.29) is 11.8 Å². The van der Waals surface area contributed by atoms with Crippen molar-refractivity contribution in [3.8, 4) is 0 Å². The Morgan fingerprint density at radius 3 is 2.62 bits per heavy atom. The fraction of sp³-hybridized carbons (Fsp3) is 0.556. The van der Waals surface area contributed by atoms with Crippen LogP contribution in [0, 0.1) is 0 Å². The van der Waals surface area contributed by atoms with Crippen molar-refractivity contribution >= 4 is 17.3 Å². The highest BCUT2D eigenvalue weighted by molar-refractivity contribution is 7.11. The molecule has 0 atom stereocenters. The van der Waals surface area contributed by atoms with Gasteiger partial charge in [0.05, 0.1) is 11.4 Å². The van der Waals surface area contributed by atoms with Crippen LogP contribution < -0.4 is 0 Å². The SMILES string of the molecule is CC(C)(C)c1ncc(CC(=O)O)s1. The number of carboxylic acids is 1. The largest absolute Gasteiger partial charge is 0.481 e. The molecule has 4 heteroatoms. The van der Waals surface area contributed by atoms with E-state index < -0.39 is 5.97 Å². The molecule has 1 aromatic heterocycles. The van der Waals surface area contributed by atoms with Gasteiger partial charge in [-0.15, -0.1) is 11.3 Å². The van der Waals surface area contributed by atoms with Gasteiger partial charge in [0.2, 0.25) is 0 Å². The number of aliphatic carboxylic acids is 1. The first-order valence-corrected chi connectivity index (χ1v) is 4.88. The Kier molecular flexibility index (Phi) is 2.71. The van der Waals surface area contributed by atoms with Gasteiger partial charge in [0.25, 0.3) is 0 Å². The number of nitrogens with zero attached hydrogens (tertiary/aromatic N) is 1. The molecule has 13 heavy (non-hydrogen) atoms. The highest BCUT2D eigenvalue weighted by Gasteiger charge is 2.18. The lowest BCUT2D eigenvalue weighted by Gasteiger charge is -2.13. The van der Waals surface area contributed by atoms with Gasteiger partial charge in [-0.25, -0.2) is 4.98 Å². The molecule has 0 spiro atoms. The van der Waals surface area contributed by atoms with Gasteiger partial charge in [0.15, 0.2) is 0 Å². The Bertz CT molecular complexity index is 312. The maximum absolute atomic E-state index is 10.4. The Hall–Kier alpha value is -0.900. The minimum Gasteiger partial charge on any atom is -0.481 e. The number of thiazole rings is 1. The third kappa shape index (κ3) is 2.81. The van der Waals surface area contributed by atoms with Crippen LogP contribution in [-0.4, -0.2) is 16.1 Å². The Balaban J connectivity index is 2.81. The summed E-state index contributed by atoms with van der Waals surface area (Å²) in [5.41, 5.74) is 0.0153. The fourth-order valence-corrected chi connectivity index (χ4v) is 1.85. The van der Waals surface area contributed by atoms with E-state index >= 15 is 0 Å². The molecular formula is C9H13NO2S. The number of rotatable bonds is 2. The fourth-order valence-electron chi connectivity index (χ4n) is 0.885. The second-order valence-corrected chi connectivity index (χ2v) is 5.07. The average Bonchev–Trinajstić information content (AvgIpc) is 2.32. The molecule has 1 N–H and O–H groups in total. The third-order valence-electron chi connectivity index (χ3n) is 1.52. The van der Waals surface area contributed by atoms with E-state index in [1.54, 1.807) is 6.20 Å². The van der Waals surface area contributed by atoms with Gasteiger partial charge in [0.1, 0.15) is 0 Å². The molecule has 0 fully saturated rings. The van der Waals surface area contributed by atoms with Gasteiger partial charge in [-0.2, -0.15) is 0 Å². The summed E-state index contributed by atoms with van der Waals surface area (Å²) in [5, 5.41) is 9.55. The van der Waals surface area contributed by atoms with Crippen molar-refractivity contribution in [3.05, 3.63) is 16.1 Å². The normalized spacial score (nSPS) is 11.6. The van der Waals surface area contributed by atoms with Gasteiger partial charge in [-0.1, -0.05) is 20.8 Å². The zero-order valence-corrected chi connectivity index (χ0v) is 8.81. The van der Waals surface area contributed by atoms with Crippen molar-refractivity contribution in [2.24, 2.45) is 0 Å². The van der Waals surface area contributed by atoms with Crippen LogP contribution in [0.25, 0.3) is 0 Å². The zero-order valence-electron chi connectivity index (χ0n) is 8.00. The average molecular weight is 199 g/mol. The van der Waals surface area contributed by atoms with Crippen LogP contribution in [0.15, 0.2) is 6.20 Å². The van der Waals surface area contributed by atoms with Gasteiger partial charge in [-0.3, -0.25) is 4.79 Å². The molecule has 0 aliphatic heterocycles.